The van der Waals surface area contributed by atoms with Gasteiger partial charge in [0.25, 0.3) is 5.69 Å². The van der Waals surface area contributed by atoms with Crippen molar-refractivity contribution in [1.82, 2.24) is 0 Å². The number of anilines is 1. The van der Waals surface area contributed by atoms with Gasteiger partial charge in [0, 0.05) is 29.3 Å². The van der Waals surface area contributed by atoms with Crippen molar-refractivity contribution < 1.29 is 9.72 Å². The summed E-state index contributed by atoms with van der Waals surface area (Å²) in [5.74, 6) is 0.129. The van der Waals surface area contributed by atoms with Gasteiger partial charge in [-0.05, 0) is 41.3 Å². The van der Waals surface area contributed by atoms with Crippen LogP contribution in [-0.2, 0) is 4.79 Å². The highest BCUT2D eigenvalue weighted by Gasteiger charge is 2.36. The van der Waals surface area contributed by atoms with Gasteiger partial charge >= 0.3 is 0 Å². The standard InChI is InChI=1S/C23H18N2O3/c26-20-11-5-9-17-22(20)21-15-7-2-1-6-14(15)12-13-18(21)24-23(17)16-8-3-4-10-19(16)25(27)28/h1-4,6-8,10,12-13,23-24H,5,9,11H2. The zero-order valence-electron chi connectivity index (χ0n) is 15.1. The Kier molecular flexibility index (Phi) is 3.76. The fraction of sp³-hybridized carbons (Fsp3) is 0.174. The van der Waals surface area contributed by atoms with Crippen LogP contribution >= 0.6 is 0 Å². The Bertz CT molecular complexity index is 1180. The van der Waals surface area contributed by atoms with Gasteiger partial charge in [-0.3, -0.25) is 14.9 Å². The number of fused-ring (bicyclic) bond motifs is 4. The first kappa shape index (κ1) is 16.7. The third kappa shape index (κ3) is 2.43. The Labute approximate surface area is 161 Å². The molecule has 3 aromatic rings. The minimum absolute atomic E-state index is 0.0779. The van der Waals surface area contributed by atoms with Gasteiger partial charge in [0.2, 0.25) is 0 Å². The van der Waals surface area contributed by atoms with Gasteiger partial charge < -0.3 is 5.32 Å². The lowest BCUT2D eigenvalue weighted by atomic mass is 9.76. The summed E-state index contributed by atoms with van der Waals surface area (Å²) in [6, 6.07) is 18.5. The van der Waals surface area contributed by atoms with Crippen molar-refractivity contribution in [3.63, 3.8) is 0 Å². The number of carbonyl (C=O) groups excluding carboxylic acids is 1. The van der Waals surface area contributed by atoms with Crippen molar-refractivity contribution in [2.75, 3.05) is 5.32 Å². The molecule has 5 heteroatoms. The molecule has 0 fully saturated rings. The molecule has 0 bridgehead atoms. The van der Waals surface area contributed by atoms with Crippen molar-refractivity contribution in [2.24, 2.45) is 0 Å². The number of nitrogens with one attached hydrogen (secondary N) is 1. The van der Waals surface area contributed by atoms with Crippen LogP contribution in [0, 0.1) is 10.1 Å². The van der Waals surface area contributed by atoms with E-state index in [1.54, 1.807) is 12.1 Å². The summed E-state index contributed by atoms with van der Waals surface area (Å²) in [5, 5.41) is 17.2. The molecule has 0 amide bonds. The van der Waals surface area contributed by atoms with E-state index in [9.17, 15) is 14.9 Å². The molecule has 1 N–H and O–H groups in total. The van der Waals surface area contributed by atoms with Gasteiger partial charge in [0.05, 0.1) is 16.5 Å². The summed E-state index contributed by atoms with van der Waals surface area (Å²) in [6.07, 6.45) is 2.05. The molecule has 2 aliphatic rings. The van der Waals surface area contributed by atoms with Crippen molar-refractivity contribution in [3.8, 4) is 0 Å². The average molecular weight is 370 g/mol. The number of carbonyl (C=O) groups is 1. The molecule has 0 radical (unpaired) electrons. The maximum Gasteiger partial charge on any atom is 0.275 e. The van der Waals surface area contributed by atoms with Crippen LogP contribution in [0.4, 0.5) is 11.4 Å². The molecule has 0 saturated carbocycles. The van der Waals surface area contributed by atoms with Crippen LogP contribution in [-0.4, -0.2) is 10.7 Å². The molecule has 1 aliphatic heterocycles. The molecule has 1 aliphatic carbocycles. The molecule has 0 spiro atoms. The molecule has 1 heterocycles. The molecule has 1 atom stereocenters. The lowest BCUT2D eigenvalue weighted by Gasteiger charge is -2.35. The molecular weight excluding hydrogens is 352 g/mol. The van der Waals surface area contributed by atoms with Gasteiger partial charge in [-0.25, -0.2) is 0 Å². The third-order valence-corrected chi connectivity index (χ3v) is 5.72. The predicted molar refractivity (Wildman–Crippen MR) is 109 cm³/mol. The normalized spacial score (nSPS) is 18.4. The van der Waals surface area contributed by atoms with Gasteiger partial charge in [0.1, 0.15) is 0 Å². The zero-order chi connectivity index (χ0) is 19.3. The average Bonchev–Trinajstić information content (AvgIpc) is 2.73. The quantitative estimate of drug-likeness (QED) is 0.483. The number of hydrogen-bond donors (Lipinski definition) is 1. The maximum absolute atomic E-state index is 13.0. The number of nitro benzene ring substituents is 1. The first-order chi connectivity index (χ1) is 13.6. The Balaban J connectivity index is 1.80. The summed E-state index contributed by atoms with van der Waals surface area (Å²) in [7, 11) is 0. The van der Waals surface area contributed by atoms with E-state index in [0.29, 0.717) is 12.0 Å². The molecule has 5 rings (SSSR count). The van der Waals surface area contributed by atoms with Crippen LogP contribution in [0.25, 0.3) is 16.3 Å². The fourth-order valence-electron chi connectivity index (χ4n) is 4.52. The molecule has 28 heavy (non-hydrogen) atoms. The van der Waals surface area contributed by atoms with E-state index < -0.39 is 0 Å². The highest BCUT2D eigenvalue weighted by Crippen LogP contribution is 2.48. The molecule has 5 nitrogen and oxygen atoms in total. The smallest absolute Gasteiger partial charge is 0.275 e. The number of nitro groups is 1. The van der Waals surface area contributed by atoms with Crippen LogP contribution in [0.15, 0.2) is 66.2 Å². The third-order valence-electron chi connectivity index (χ3n) is 5.72. The number of rotatable bonds is 2. The lowest BCUT2D eigenvalue weighted by molar-refractivity contribution is -0.385. The number of Topliss-reactive ketones (excluding diaryl/α,β-unsaturated/α-hetero) is 1. The number of allylic oxidation sites excluding steroid dienone is 1. The largest absolute Gasteiger partial charge is 0.374 e. The van der Waals surface area contributed by atoms with Gasteiger partial charge in [-0.15, -0.1) is 0 Å². The number of para-hydroxylation sites is 1. The van der Waals surface area contributed by atoms with E-state index in [0.717, 1.165) is 46.0 Å². The van der Waals surface area contributed by atoms with Gasteiger partial charge in [-0.1, -0.05) is 42.5 Å². The van der Waals surface area contributed by atoms with Crippen molar-refractivity contribution in [2.45, 2.75) is 25.3 Å². The maximum atomic E-state index is 13.0. The van der Waals surface area contributed by atoms with Crippen molar-refractivity contribution in [3.05, 3.63) is 87.5 Å². The van der Waals surface area contributed by atoms with E-state index in [4.69, 9.17) is 0 Å². The molecule has 138 valence electrons. The zero-order valence-corrected chi connectivity index (χ0v) is 15.1. The second-order valence-corrected chi connectivity index (χ2v) is 7.28. The number of hydrogen-bond acceptors (Lipinski definition) is 4. The first-order valence-corrected chi connectivity index (χ1v) is 9.43. The second kappa shape index (κ2) is 6.30. The van der Waals surface area contributed by atoms with Gasteiger partial charge in [0.15, 0.2) is 5.78 Å². The highest BCUT2D eigenvalue weighted by molar-refractivity contribution is 6.27. The van der Waals surface area contributed by atoms with E-state index in [2.05, 4.69) is 5.32 Å². The Morgan fingerprint density at radius 2 is 1.75 bits per heavy atom. The molecule has 0 aromatic heterocycles. The summed E-state index contributed by atoms with van der Waals surface area (Å²) < 4.78 is 0. The number of ketones is 1. The van der Waals surface area contributed by atoms with E-state index >= 15 is 0 Å². The first-order valence-electron chi connectivity index (χ1n) is 9.43. The van der Waals surface area contributed by atoms with Crippen LogP contribution in [0.1, 0.15) is 36.4 Å². The Morgan fingerprint density at radius 3 is 2.61 bits per heavy atom. The molecule has 1 unspecified atom stereocenters. The second-order valence-electron chi connectivity index (χ2n) is 7.28. The Hall–Kier alpha value is -3.47. The topological polar surface area (TPSA) is 72.2 Å². The van der Waals surface area contributed by atoms with Crippen LogP contribution in [0.3, 0.4) is 0 Å². The highest BCUT2D eigenvalue weighted by atomic mass is 16.6. The number of benzene rings is 3. The van der Waals surface area contributed by atoms with Crippen LogP contribution < -0.4 is 5.32 Å². The van der Waals surface area contributed by atoms with E-state index in [1.165, 1.54) is 6.07 Å². The summed E-state index contributed by atoms with van der Waals surface area (Å²) in [4.78, 5) is 24.3. The summed E-state index contributed by atoms with van der Waals surface area (Å²) in [6.45, 7) is 0. The SMILES string of the molecule is O=C1CCCC2=C1c1c(ccc3ccccc13)NC2c1ccccc1[N+](=O)[O-]. The monoisotopic (exact) mass is 370 g/mol. The Morgan fingerprint density at radius 1 is 0.964 bits per heavy atom. The predicted octanol–water partition coefficient (Wildman–Crippen LogP) is 5.42. The van der Waals surface area contributed by atoms with Crippen molar-refractivity contribution >= 4 is 33.5 Å². The van der Waals surface area contributed by atoms with Gasteiger partial charge in [-0.2, -0.15) is 0 Å². The van der Waals surface area contributed by atoms with E-state index in [1.807, 2.05) is 42.5 Å². The van der Waals surface area contributed by atoms with Crippen molar-refractivity contribution in [1.29, 1.82) is 0 Å². The molecule has 3 aromatic carbocycles. The van der Waals surface area contributed by atoms with E-state index in [-0.39, 0.29) is 22.4 Å². The summed E-state index contributed by atoms with van der Waals surface area (Å²) in [5.41, 5.74) is 4.19. The molecule has 0 saturated heterocycles. The number of nitrogens with zero attached hydrogens (tertiary/aromatic N) is 1. The minimum Gasteiger partial charge on any atom is -0.374 e. The lowest BCUT2D eigenvalue weighted by Crippen LogP contribution is -2.26. The molecular formula is C23H18N2O3. The fourth-order valence-corrected chi connectivity index (χ4v) is 4.52. The minimum atomic E-state index is -0.366. The van der Waals surface area contributed by atoms with Crippen LogP contribution in [0.5, 0.6) is 0 Å². The summed E-state index contributed by atoms with van der Waals surface area (Å²) >= 11 is 0. The van der Waals surface area contributed by atoms with Crippen LogP contribution in [0.2, 0.25) is 0 Å².